The predicted molar refractivity (Wildman–Crippen MR) is 94.4 cm³/mol. The number of amides is 1. The summed E-state index contributed by atoms with van der Waals surface area (Å²) in [6.45, 7) is 3.85. The highest BCUT2D eigenvalue weighted by atomic mass is 16.5. The van der Waals surface area contributed by atoms with Gasteiger partial charge in [0, 0.05) is 12.6 Å². The lowest BCUT2D eigenvalue weighted by Gasteiger charge is -2.21. The van der Waals surface area contributed by atoms with Crippen LogP contribution in [0.2, 0.25) is 0 Å². The number of ether oxygens (including phenoxy) is 1. The maximum atomic E-state index is 12.2. The van der Waals surface area contributed by atoms with Crippen molar-refractivity contribution in [1.29, 1.82) is 0 Å². The summed E-state index contributed by atoms with van der Waals surface area (Å²) in [6, 6.07) is 11.5. The van der Waals surface area contributed by atoms with Gasteiger partial charge in [-0.3, -0.25) is 4.79 Å². The number of hydrogen-bond donors (Lipinski definition) is 2. The van der Waals surface area contributed by atoms with Crippen LogP contribution < -0.4 is 15.4 Å². The van der Waals surface area contributed by atoms with E-state index < -0.39 is 0 Å². The molecule has 1 unspecified atom stereocenters. The Labute approximate surface area is 142 Å². The summed E-state index contributed by atoms with van der Waals surface area (Å²) in [5, 5.41) is 6.17. The van der Waals surface area contributed by atoms with Crippen molar-refractivity contribution in [3.63, 3.8) is 0 Å². The van der Waals surface area contributed by atoms with E-state index in [0.717, 1.165) is 38.1 Å². The number of hydrogen-bond acceptors (Lipinski definition) is 4. The molecule has 2 aromatic rings. The number of benzene rings is 1. The molecule has 5 heteroatoms. The maximum Gasteiger partial charge on any atom is 0.228 e. The summed E-state index contributed by atoms with van der Waals surface area (Å²) >= 11 is 0. The number of aromatic nitrogens is 1. The topological polar surface area (TPSA) is 63.2 Å². The molecule has 0 spiro atoms. The molecule has 1 saturated heterocycles. The monoisotopic (exact) mass is 325 g/mol. The van der Waals surface area contributed by atoms with Crippen LogP contribution >= 0.6 is 0 Å². The summed E-state index contributed by atoms with van der Waals surface area (Å²) in [5.74, 6) is 1.37. The third-order valence-corrected chi connectivity index (χ3v) is 4.20. The Balaban J connectivity index is 1.59. The van der Waals surface area contributed by atoms with Gasteiger partial charge in [-0.1, -0.05) is 19.1 Å². The van der Waals surface area contributed by atoms with Gasteiger partial charge in [0.1, 0.15) is 5.75 Å². The number of carbonyl (C=O) groups is 1. The number of piperidine rings is 1. The Kier molecular flexibility index (Phi) is 5.43. The second-order valence-corrected chi connectivity index (χ2v) is 6.02. The van der Waals surface area contributed by atoms with Crippen LogP contribution in [0.1, 0.15) is 25.3 Å². The maximum absolute atomic E-state index is 12.2. The third kappa shape index (κ3) is 4.32. The van der Waals surface area contributed by atoms with Gasteiger partial charge < -0.3 is 15.4 Å². The highest BCUT2D eigenvalue weighted by Crippen LogP contribution is 2.22. The van der Waals surface area contributed by atoms with Crippen molar-refractivity contribution < 1.29 is 9.53 Å². The normalized spacial score (nSPS) is 17.3. The van der Waals surface area contributed by atoms with Gasteiger partial charge in [-0.2, -0.15) is 0 Å². The Morgan fingerprint density at radius 3 is 3.00 bits per heavy atom. The lowest BCUT2D eigenvalue weighted by atomic mass is 9.99. The molecule has 0 aliphatic carbocycles. The summed E-state index contributed by atoms with van der Waals surface area (Å²) in [6.07, 6.45) is 4.57. The first-order chi connectivity index (χ1) is 11.7. The zero-order chi connectivity index (χ0) is 16.8. The van der Waals surface area contributed by atoms with Crippen molar-refractivity contribution in [1.82, 2.24) is 10.3 Å². The summed E-state index contributed by atoms with van der Waals surface area (Å²) in [7, 11) is 0. The molecule has 1 aromatic carbocycles. The van der Waals surface area contributed by atoms with Gasteiger partial charge in [0.25, 0.3) is 0 Å². The first-order valence-electron chi connectivity index (χ1n) is 8.49. The molecule has 1 atom stereocenters. The zero-order valence-electron chi connectivity index (χ0n) is 13.9. The lowest BCUT2D eigenvalue weighted by Crippen LogP contribution is -2.37. The number of nitrogens with one attached hydrogen (secondary N) is 2. The van der Waals surface area contributed by atoms with Gasteiger partial charge in [0.2, 0.25) is 11.8 Å². The number of rotatable bonds is 5. The number of nitrogens with zero attached hydrogens (tertiary/aromatic N) is 1. The van der Waals surface area contributed by atoms with Crippen LogP contribution in [0.5, 0.6) is 11.6 Å². The average molecular weight is 325 g/mol. The Morgan fingerprint density at radius 2 is 2.29 bits per heavy atom. The quantitative estimate of drug-likeness (QED) is 0.884. The standard InChI is InChI=1S/C19H23N3O2/c1-2-14-5-3-7-17(11-14)24-18-9-8-16(13-21-18)22-19(23)15-6-4-10-20-12-15/h3,5,7-9,11,13,15,20H,2,4,6,10,12H2,1H3,(H,22,23). The molecular weight excluding hydrogens is 302 g/mol. The van der Waals surface area contributed by atoms with Crippen LogP contribution in [0.4, 0.5) is 5.69 Å². The fourth-order valence-corrected chi connectivity index (χ4v) is 2.78. The van der Waals surface area contributed by atoms with Crippen molar-refractivity contribution in [3.05, 3.63) is 48.2 Å². The smallest absolute Gasteiger partial charge is 0.228 e. The van der Waals surface area contributed by atoms with E-state index in [9.17, 15) is 4.79 Å². The molecule has 2 N–H and O–H groups in total. The van der Waals surface area contributed by atoms with Crippen molar-refractivity contribution in [2.24, 2.45) is 5.92 Å². The molecule has 5 nitrogen and oxygen atoms in total. The SMILES string of the molecule is CCc1cccc(Oc2ccc(NC(=O)C3CCCNC3)cn2)c1. The van der Waals surface area contributed by atoms with E-state index in [1.54, 1.807) is 12.3 Å². The van der Waals surface area contributed by atoms with E-state index in [4.69, 9.17) is 4.74 Å². The molecular formula is C19H23N3O2. The van der Waals surface area contributed by atoms with E-state index in [1.165, 1.54) is 5.56 Å². The largest absolute Gasteiger partial charge is 0.439 e. The highest BCUT2D eigenvalue weighted by Gasteiger charge is 2.20. The number of pyridine rings is 1. The molecule has 1 fully saturated rings. The Hall–Kier alpha value is -2.40. The molecule has 3 rings (SSSR count). The third-order valence-electron chi connectivity index (χ3n) is 4.20. The molecule has 24 heavy (non-hydrogen) atoms. The molecule has 2 heterocycles. The number of carbonyl (C=O) groups excluding carboxylic acids is 1. The minimum absolute atomic E-state index is 0.0338. The average Bonchev–Trinajstić information content (AvgIpc) is 2.64. The molecule has 1 aliphatic rings. The van der Waals surface area contributed by atoms with Gasteiger partial charge in [-0.15, -0.1) is 0 Å². The Morgan fingerprint density at radius 1 is 1.38 bits per heavy atom. The number of anilines is 1. The van der Waals surface area contributed by atoms with Crippen molar-refractivity contribution in [3.8, 4) is 11.6 Å². The van der Waals surface area contributed by atoms with E-state index in [-0.39, 0.29) is 11.8 Å². The molecule has 1 amide bonds. The van der Waals surface area contributed by atoms with Crippen molar-refractivity contribution in [2.75, 3.05) is 18.4 Å². The minimum atomic E-state index is 0.0338. The van der Waals surface area contributed by atoms with Crippen LogP contribution in [0.15, 0.2) is 42.6 Å². The van der Waals surface area contributed by atoms with Crippen molar-refractivity contribution >= 4 is 11.6 Å². The molecule has 1 aromatic heterocycles. The molecule has 0 saturated carbocycles. The second kappa shape index (κ2) is 7.93. The Bertz CT molecular complexity index is 679. The van der Waals surface area contributed by atoms with E-state index in [0.29, 0.717) is 11.6 Å². The van der Waals surface area contributed by atoms with Gasteiger partial charge >= 0.3 is 0 Å². The lowest BCUT2D eigenvalue weighted by molar-refractivity contribution is -0.120. The fourth-order valence-electron chi connectivity index (χ4n) is 2.78. The van der Waals surface area contributed by atoms with Gasteiger partial charge in [0.05, 0.1) is 17.8 Å². The zero-order valence-corrected chi connectivity index (χ0v) is 13.9. The summed E-state index contributed by atoms with van der Waals surface area (Å²) in [5.41, 5.74) is 1.91. The van der Waals surface area contributed by atoms with Crippen molar-refractivity contribution in [2.45, 2.75) is 26.2 Å². The second-order valence-electron chi connectivity index (χ2n) is 6.02. The highest BCUT2D eigenvalue weighted by molar-refractivity contribution is 5.92. The van der Waals surface area contributed by atoms with E-state index >= 15 is 0 Å². The van der Waals surface area contributed by atoms with Crippen LogP contribution in [0, 0.1) is 5.92 Å². The predicted octanol–water partition coefficient (Wildman–Crippen LogP) is 3.37. The first kappa shape index (κ1) is 16.5. The van der Waals surface area contributed by atoms with E-state index in [2.05, 4.69) is 28.6 Å². The van der Waals surface area contributed by atoms with Crippen LogP contribution in [-0.4, -0.2) is 24.0 Å². The minimum Gasteiger partial charge on any atom is -0.439 e. The van der Waals surface area contributed by atoms with E-state index in [1.807, 2.05) is 24.3 Å². The molecule has 0 radical (unpaired) electrons. The fraction of sp³-hybridized carbons (Fsp3) is 0.368. The van der Waals surface area contributed by atoms with Crippen LogP contribution in [0.3, 0.4) is 0 Å². The first-order valence-corrected chi connectivity index (χ1v) is 8.49. The summed E-state index contributed by atoms with van der Waals surface area (Å²) < 4.78 is 5.76. The van der Waals surface area contributed by atoms with Crippen LogP contribution in [-0.2, 0) is 11.2 Å². The summed E-state index contributed by atoms with van der Waals surface area (Å²) in [4.78, 5) is 16.5. The van der Waals surface area contributed by atoms with Gasteiger partial charge in [-0.25, -0.2) is 4.98 Å². The molecule has 1 aliphatic heterocycles. The van der Waals surface area contributed by atoms with Crippen LogP contribution in [0.25, 0.3) is 0 Å². The van der Waals surface area contributed by atoms with Gasteiger partial charge in [-0.05, 0) is 49.6 Å². The number of aryl methyl sites for hydroxylation is 1. The van der Waals surface area contributed by atoms with Gasteiger partial charge in [0.15, 0.2) is 0 Å². The molecule has 126 valence electrons. The molecule has 0 bridgehead atoms.